The van der Waals surface area contributed by atoms with Crippen molar-refractivity contribution in [3.05, 3.63) is 137 Å². The van der Waals surface area contributed by atoms with Crippen molar-refractivity contribution < 1.29 is 83.1 Å². The van der Waals surface area contributed by atoms with E-state index in [4.69, 9.17) is 33.2 Å². The minimum absolute atomic E-state index is 0.0244. The van der Waals surface area contributed by atoms with E-state index in [0.29, 0.717) is 91.1 Å². The van der Waals surface area contributed by atoms with Gasteiger partial charge in [0.1, 0.15) is 13.2 Å². The summed E-state index contributed by atoms with van der Waals surface area (Å²) >= 11 is 0. The molecule has 92 heavy (non-hydrogen) atoms. The molecule has 0 radical (unpaired) electrons. The molecule has 0 spiro atoms. The normalized spacial score (nSPS) is 17.7. The summed E-state index contributed by atoms with van der Waals surface area (Å²) in [5, 5.41) is 5.43. The molecule has 0 saturated carbocycles. The van der Waals surface area contributed by atoms with E-state index >= 15 is 0 Å². The molecule has 5 aliphatic heterocycles. The number of carbonyl (C=O) groups excluding carboxylic acids is 5. The van der Waals surface area contributed by atoms with Gasteiger partial charge in [0.2, 0.25) is 5.91 Å². The van der Waals surface area contributed by atoms with Crippen LogP contribution in [0.2, 0.25) is 0 Å². The van der Waals surface area contributed by atoms with E-state index in [2.05, 4.69) is 20.9 Å². The minimum Gasteiger partial charge on any atom is -0.493 e. The average molecular weight is 1340 g/mol. The lowest BCUT2D eigenvalue weighted by atomic mass is 10.1. The number of para-hydroxylation sites is 2. The van der Waals surface area contributed by atoms with Crippen molar-refractivity contribution in [1.29, 1.82) is 0 Å². The standard InChI is InChI=1S/C63H73N7O18S4/c1-63(2,90-89-25-16-56(91(76,77)78)59(73)64-17-18-68-57(71)14-15-58(68)72)38-67(19-20-85-23-24-86-22-21-82-3)43-27-39(36-87-54-33-47-45(31-52(54)83-4)61(74)69-44(35-65-47)29-41-10-6-8-12-49(41)69)26-40(28-43)37-88-55-34-48-46(32-53(55)84-5)62(75)70-50-13-9-7-11-42(50)30-51(70)60(66-48)92(79,80)81/h6-15,26-28,31-34,44,51,56,60,65-66H,16-25,29-30,35-38H2,1-5H3,(H,64,73)(H,76,77,78)(H,79,80,81)/t44-,51-,56?,60?/m0/s1. The van der Waals surface area contributed by atoms with Gasteiger partial charge in [0.15, 0.2) is 33.6 Å². The van der Waals surface area contributed by atoms with E-state index in [1.54, 1.807) is 37.4 Å². The largest absolute Gasteiger partial charge is 0.493 e. The maximum absolute atomic E-state index is 14.5. The van der Waals surface area contributed by atoms with Crippen molar-refractivity contribution in [1.82, 2.24) is 10.2 Å². The molecule has 0 saturated heterocycles. The van der Waals surface area contributed by atoms with Crippen molar-refractivity contribution in [3.8, 4) is 23.0 Å². The Morgan fingerprint density at radius 3 is 1.92 bits per heavy atom. The summed E-state index contributed by atoms with van der Waals surface area (Å²) in [5.74, 6) is -1.69. The number of nitrogens with one attached hydrogen (secondary N) is 3. The Hall–Kier alpha value is -7.61. The van der Waals surface area contributed by atoms with Gasteiger partial charge in [-0.3, -0.25) is 38.0 Å². The lowest BCUT2D eigenvalue weighted by Gasteiger charge is -2.34. The Morgan fingerprint density at radius 2 is 1.30 bits per heavy atom. The van der Waals surface area contributed by atoms with Crippen molar-refractivity contribution in [2.75, 3.05) is 118 Å². The van der Waals surface area contributed by atoms with Gasteiger partial charge in [0.25, 0.3) is 43.9 Å². The molecule has 4 atom stereocenters. The van der Waals surface area contributed by atoms with Crippen LogP contribution in [0.3, 0.4) is 0 Å². The highest BCUT2D eigenvalue weighted by Gasteiger charge is 2.48. The maximum Gasteiger partial charge on any atom is 0.288 e. The Balaban J connectivity index is 0.931. The van der Waals surface area contributed by atoms with Crippen LogP contribution in [-0.2, 0) is 74.9 Å². The number of ether oxygens (including phenoxy) is 7. The van der Waals surface area contributed by atoms with Gasteiger partial charge in [0.05, 0.1) is 81.8 Å². The fourth-order valence-electron chi connectivity index (χ4n) is 11.8. The lowest BCUT2D eigenvalue weighted by Crippen LogP contribution is -2.49. The van der Waals surface area contributed by atoms with Gasteiger partial charge >= 0.3 is 0 Å². The van der Waals surface area contributed by atoms with Crippen LogP contribution in [0.25, 0.3) is 0 Å². The summed E-state index contributed by atoms with van der Waals surface area (Å²) in [6.07, 6.45) is 2.78. The van der Waals surface area contributed by atoms with E-state index < -0.39 is 65.3 Å². The van der Waals surface area contributed by atoms with E-state index in [-0.39, 0.29) is 92.8 Å². The monoisotopic (exact) mass is 1340 g/mol. The van der Waals surface area contributed by atoms with Crippen LogP contribution in [0.4, 0.5) is 28.4 Å². The summed E-state index contributed by atoms with van der Waals surface area (Å²) in [4.78, 5) is 72.3. The minimum atomic E-state index is -4.87. The van der Waals surface area contributed by atoms with Crippen LogP contribution in [0.5, 0.6) is 23.0 Å². The predicted molar refractivity (Wildman–Crippen MR) is 349 cm³/mol. The molecule has 5 N–H and O–H groups in total. The highest BCUT2D eigenvalue weighted by Crippen LogP contribution is 2.45. The molecule has 0 aromatic heterocycles. The van der Waals surface area contributed by atoms with Crippen molar-refractivity contribution >= 4 is 99.8 Å². The van der Waals surface area contributed by atoms with E-state index in [1.807, 2.05) is 67.3 Å². The topological polar surface area (TPSA) is 308 Å². The number of hydrogen-bond acceptors (Lipinski definition) is 21. The van der Waals surface area contributed by atoms with Gasteiger partial charge < -0.3 is 63.8 Å². The molecule has 5 amide bonds. The van der Waals surface area contributed by atoms with Gasteiger partial charge in [-0.2, -0.15) is 16.8 Å². The van der Waals surface area contributed by atoms with Crippen molar-refractivity contribution in [2.45, 2.75) is 73.8 Å². The summed E-state index contributed by atoms with van der Waals surface area (Å²) in [5.41, 5.74) is 6.38. The first-order chi connectivity index (χ1) is 44.0. The van der Waals surface area contributed by atoms with Crippen LogP contribution in [0.15, 0.2) is 103 Å². The summed E-state index contributed by atoms with van der Waals surface area (Å²) in [6.45, 7) is 6.24. The average Bonchev–Trinajstić information content (AvgIpc) is 1.61. The molecule has 0 bridgehead atoms. The molecule has 0 aliphatic carbocycles. The number of rotatable bonds is 31. The second-order valence-corrected chi connectivity index (χ2v) is 29.2. The number of imide groups is 1. The molecule has 492 valence electrons. The molecule has 2 unspecified atom stereocenters. The number of anilines is 5. The zero-order valence-electron chi connectivity index (χ0n) is 51.3. The number of hydrogen-bond donors (Lipinski definition) is 5. The van der Waals surface area contributed by atoms with Gasteiger partial charge in [-0.15, -0.1) is 0 Å². The van der Waals surface area contributed by atoms with Crippen LogP contribution < -0.4 is 49.6 Å². The molecule has 29 heteroatoms. The highest BCUT2D eigenvalue weighted by molar-refractivity contribution is 8.77. The fraction of sp³-hybridized carbons (Fsp3) is 0.413. The number of benzene rings is 5. The SMILES string of the molecule is COCCOCCOCCN(CC(C)(C)SSCCC(C(=O)NCCN1C(=O)C=CC1=O)S(=O)(=O)O)c1cc(COc2cc3c(cc2OC)C(=O)N2c4ccccc4C[C@H]2CN3)cc(COc2cc3c(cc2OC)C(=O)N2c4ccccc4C[C@H]2C(S(=O)(=O)O)N3)c1. The van der Waals surface area contributed by atoms with Crippen molar-refractivity contribution in [3.63, 3.8) is 0 Å². The second-order valence-electron chi connectivity index (χ2n) is 22.9. The molecular weight excluding hydrogens is 1270 g/mol. The maximum atomic E-state index is 14.5. The Morgan fingerprint density at radius 1 is 0.728 bits per heavy atom. The van der Waals surface area contributed by atoms with Gasteiger partial charge in [-0.25, -0.2) is 0 Å². The smallest absolute Gasteiger partial charge is 0.288 e. The van der Waals surface area contributed by atoms with Gasteiger partial charge in [-0.05, 0) is 97.8 Å². The molecule has 10 rings (SSSR count). The number of methoxy groups -OCH3 is 3. The third kappa shape index (κ3) is 15.5. The van der Waals surface area contributed by atoms with Crippen molar-refractivity contribution in [2.24, 2.45) is 0 Å². The zero-order chi connectivity index (χ0) is 65.5. The molecule has 5 aromatic carbocycles. The first-order valence-electron chi connectivity index (χ1n) is 29.7. The Labute approximate surface area is 541 Å². The molecule has 5 aliphatic rings. The first-order valence-corrected chi connectivity index (χ1v) is 35.0. The van der Waals surface area contributed by atoms with Crippen LogP contribution in [0, 0.1) is 0 Å². The predicted octanol–water partition coefficient (Wildman–Crippen LogP) is 6.40. The first kappa shape index (κ1) is 67.3. The number of fused-ring (bicyclic) bond motifs is 8. The van der Waals surface area contributed by atoms with Gasteiger partial charge in [0, 0.05) is 91.7 Å². The Bertz CT molecular complexity index is 3860. The van der Waals surface area contributed by atoms with E-state index in [0.717, 1.165) is 33.9 Å². The Kier molecular flexibility index (Phi) is 21.3. The van der Waals surface area contributed by atoms with Crippen LogP contribution in [0.1, 0.15) is 63.2 Å². The van der Waals surface area contributed by atoms with Gasteiger partial charge in [-0.1, -0.05) is 58.0 Å². The second kappa shape index (κ2) is 29.1. The summed E-state index contributed by atoms with van der Waals surface area (Å²) < 4.78 is 113. The third-order valence-corrected chi connectivity index (χ3v) is 21.6. The molecule has 25 nitrogen and oxygen atoms in total. The summed E-state index contributed by atoms with van der Waals surface area (Å²) in [7, 11) is -2.45. The lowest BCUT2D eigenvalue weighted by molar-refractivity contribution is -0.137. The van der Waals surface area contributed by atoms with E-state index in [1.165, 1.54) is 52.8 Å². The number of amides is 5. The van der Waals surface area contributed by atoms with Crippen LogP contribution in [-0.4, -0.2) is 181 Å². The quantitative estimate of drug-likeness (QED) is 0.0139. The third-order valence-electron chi connectivity index (χ3n) is 16.1. The highest BCUT2D eigenvalue weighted by atomic mass is 33.1. The fourth-order valence-corrected chi connectivity index (χ4v) is 16.2. The zero-order valence-corrected chi connectivity index (χ0v) is 54.6. The number of carbonyl (C=O) groups is 5. The molecule has 5 heterocycles. The molecule has 0 fully saturated rings. The molecule has 5 aromatic rings. The van der Waals surface area contributed by atoms with E-state index in [9.17, 15) is 49.9 Å². The number of nitrogens with zero attached hydrogens (tertiary/aromatic N) is 4. The molecular formula is C63H73N7O18S4. The van der Waals surface area contributed by atoms with Crippen LogP contribution >= 0.6 is 21.6 Å². The summed E-state index contributed by atoms with van der Waals surface area (Å²) in [6, 6.07) is 26.0.